The summed E-state index contributed by atoms with van der Waals surface area (Å²) in [5.74, 6) is 1.43. The Hall–Kier alpha value is -0.570. The summed E-state index contributed by atoms with van der Waals surface area (Å²) in [6, 6.07) is 0.510. The van der Waals surface area contributed by atoms with Gasteiger partial charge in [-0.05, 0) is 57.4 Å². The van der Waals surface area contributed by atoms with Gasteiger partial charge in [0.15, 0.2) is 0 Å². The van der Waals surface area contributed by atoms with Gasteiger partial charge in [0.2, 0.25) is 5.91 Å². The van der Waals surface area contributed by atoms with Crippen molar-refractivity contribution in [1.82, 2.24) is 4.90 Å². The van der Waals surface area contributed by atoms with Gasteiger partial charge in [0, 0.05) is 18.5 Å². The maximum Gasteiger partial charge on any atom is 0.225 e. The molecule has 1 saturated carbocycles. The van der Waals surface area contributed by atoms with Crippen LogP contribution in [0.3, 0.4) is 0 Å². The fraction of sp³-hybridized carbons (Fsp3) is 0.938. The summed E-state index contributed by atoms with van der Waals surface area (Å²) < 4.78 is 0. The number of hydrogen-bond donors (Lipinski definition) is 1. The number of piperidine rings is 1. The molecule has 3 heteroatoms. The lowest BCUT2D eigenvalue weighted by atomic mass is 9.79. The Balaban J connectivity index is 1.93. The Morgan fingerprint density at radius 3 is 2.79 bits per heavy atom. The van der Waals surface area contributed by atoms with Gasteiger partial charge >= 0.3 is 0 Å². The van der Waals surface area contributed by atoms with E-state index in [-0.39, 0.29) is 5.92 Å². The maximum atomic E-state index is 12.8. The number of amides is 1. The Morgan fingerprint density at radius 1 is 1.21 bits per heavy atom. The fourth-order valence-corrected chi connectivity index (χ4v) is 3.96. The molecular formula is C16H30N2O. The minimum atomic E-state index is 0.289. The van der Waals surface area contributed by atoms with Crippen LogP contribution in [0.4, 0.5) is 0 Å². The van der Waals surface area contributed by atoms with E-state index in [0.717, 1.165) is 38.8 Å². The number of nitrogens with two attached hydrogens (primary N) is 1. The third-order valence-corrected chi connectivity index (χ3v) is 5.09. The molecule has 3 nitrogen and oxygen atoms in total. The molecule has 0 aromatic heterocycles. The lowest BCUT2D eigenvalue weighted by Gasteiger charge is -2.39. The maximum absolute atomic E-state index is 12.8. The van der Waals surface area contributed by atoms with Crippen LogP contribution in [-0.2, 0) is 4.79 Å². The zero-order valence-electron chi connectivity index (χ0n) is 12.4. The first-order chi connectivity index (χ1) is 9.26. The van der Waals surface area contributed by atoms with Crippen molar-refractivity contribution in [1.29, 1.82) is 0 Å². The molecule has 0 spiro atoms. The number of rotatable bonds is 4. The zero-order chi connectivity index (χ0) is 13.7. The van der Waals surface area contributed by atoms with Crippen LogP contribution in [0.1, 0.15) is 64.7 Å². The second kappa shape index (κ2) is 7.28. The molecule has 2 N–H and O–H groups in total. The standard InChI is InChI=1S/C16H30N2O/c1-2-15-8-3-4-11-18(15)16(19)14-7-5-6-13(12-14)9-10-17/h13-15H,2-12,17H2,1H3. The third kappa shape index (κ3) is 3.71. The largest absolute Gasteiger partial charge is 0.339 e. The van der Waals surface area contributed by atoms with Gasteiger partial charge in [-0.15, -0.1) is 0 Å². The molecule has 2 aliphatic rings. The van der Waals surface area contributed by atoms with Crippen LogP contribution >= 0.6 is 0 Å². The molecule has 0 radical (unpaired) electrons. The van der Waals surface area contributed by atoms with Gasteiger partial charge in [0.1, 0.15) is 0 Å². The normalized spacial score (nSPS) is 32.3. The molecule has 1 aliphatic heterocycles. The molecule has 1 heterocycles. The van der Waals surface area contributed by atoms with Crippen molar-refractivity contribution in [3.8, 4) is 0 Å². The first kappa shape index (κ1) is 14.8. The van der Waals surface area contributed by atoms with Crippen molar-refractivity contribution in [2.45, 2.75) is 70.8 Å². The van der Waals surface area contributed by atoms with Gasteiger partial charge in [-0.1, -0.05) is 19.8 Å². The van der Waals surface area contributed by atoms with Gasteiger partial charge in [0.05, 0.1) is 0 Å². The molecule has 0 bridgehead atoms. The summed E-state index contributed by atoms with van der Waals surface area (Å²) in [6.45, 7) is 3.98. The van der Waals surface area contributed by atoms with E-state index in [1.807, 2.05) is 0 Å². The lowest BCUT2D eigenvalue weighted by molar-refractivity contribution is -0.141. The molecular weight excluding hydrogens is 236 g/mol. The summed E-state index contributed by atoms with van der Waals surface area (Å²) in [6.07, 6.45) is 10.6. The monoisotopic (exact) mass is 266 g/mol. The third-order valence-electron chi connectivity index (χ3n) is 5.09. The van der Waals surface area contributed by atoms with Crippen LogP contribution in [0.5, 0.6) is 0 Å². The molecule has 3 atom stereocenters. The SMILES string of the molecule is CCC1CCCCN1C(=O)C1CCCC(CCN)C1. The molecule has 110 valence electrons. The summed E-state index contributed by atoms with van der Waals surface area (Å²) in [4.78, 5) is 15.0. The van der Waals surface area contributed by atoms with E-state index in [9.17, 15) is 4.79 Å². The van der Waals surface area contributed by atoms with Crippen molar-refractivity contribution < 1.29 is 4.79 Å². The minimum Gasteiger partial charge on any atom is -0.339 e. The zero-order valence-corrected chi connectivity index (χ0v) is 12.4. The molecule has 0 aromatic carbocycles. The highest BCUT2D eigenvalue weighted by Gasteiger charge is 2.33. The van der Waals surface area contributed by atoms with E-state index in [4.69, 9.17) is 5.73 Å². The first-order valence-corrected chi connectivity index (χ1v) is 8.26. The van der Waals surface area contributed by atoms with Crippen LogP contribution in [0.25, 0.3) is 0 Å². The van der Waals surface area contributed by atoms with E-state index in [2.05, 4.69) is 11.8 Å². The van der Waals surface area contributed by atoms with Crippen molar-refractivity contribution in [3.63, 3.8) is 0 Å². The molecule has 1 amide bonds. The Labute approximate surface area is 117 Å². The average molecular weight is 266 g/mol. The first-order valence-electron chi connectivity index (χ1n) is 8.26. The van der Waals surface area contributed by atoms with Gasteiger partial charge in [-0.2, -0.15) is 0 Å². The molecule has 1 aliphatic carbocycles. The minimum absolute atomic E-state index is 0.289. The Kier molecular flexibility index (Phi) is 5.68. The van der Waals surface area contributed by atoms with Crippen molar-refractivity contribution in [2.75, 3.05) is 13.1 Å². The number of carbonyl (C=O) groups is 1. The topological polar surface area (TPSA) is 46.3 Å². The van der Waals surface area contributed by atoms with Crippen molar-refractivity contribution >= 4 is 5.91 Å². The smallest absolute Gasteiger partial charge is 0.225 e. The second-order valence-corrected chi connectivity index (χ2v) is 6.40. The van der Waals surface area contributed by atoms with Crippen molar-refractivity contribution in [3.05, 3.63) is 0 Å². The van der Waals surface area contributed by atoms with Crippen LogP contribution in [-0.4, -0.2) is 29.9 Å². The lowest BCUT2D eigenvalue weighted by Crippen LogP contribution is -2.47. The number of nitrogens with zero attached hydrogens (tertiary/aromatic N) is 1. The van der Waals surface area contributed by atoms with Crippen molar-refractivity contribution in [2.24, 2.45) is 17.6 Å². The molecule has 2 rings (SSSR count). The van der Waals surface area contributed by atoms with Gasteiger partial charge < -0.3 is 10.6 Å². The van der Waals surface area contributed by atoms with Crippen LogP contribution in [0, 0.1) is 11.8 Å². The van der Waals surface area contributed by atoms with E-state index in [1.54, 1.807) is 0 Å². The van der Waals surface area contributed by atoms with E-state index < -0.39 is 0 Å². The fourth-order valence-electron chi connectivity index (χ4n) is 3.96. The number of carbonyl (C=O) groups excluding carboxylic acids is 1. The average Bonchev–Trinajstić information content (AvgIpc) is 2.47. The quantitative estimate of drug-likeness (QED) is 0.850. The van der Waals surface area contributed by atoms with Gasteiger partial charge in [0.25, 0.3) is 0 Å². The highest BCUT2D eigenvalue weighted by molar-refractivity contribution is 5.79. The molecule has 2 fully saturated rings. The second-order valence-electron chi connectivity index (χ2n) is 6.40. The number of hydrogen-bond acceptors (Lipinski definition) is 2. The summed E-state index contributed by atoms with van der Waals surface area (Å²) >= 11 is 0. The summed E-state index contributed by atoms with van der Waals surface area (Å²) in [7, 11) is 0. The highest BCUT2D eigenvalue weighted by Crippen LogP contribution is 2.33. The summed E-state index contributed by atoms with van der Waals surface area (Å²) in [5.41, 5.74) is 5.67. The van der Waals surface area contributed by atoms with E-state index >= 15 is 0 Å². The predicted octanol–water partition coefficient (Wildman–Crippen LogP) is 2.93. The van der Waals surface area contributed by atoms with E-state index in [1.165, 1.54) is 32.1 Å². The van der Waals surface area contributed by atoms with Gasteiger partial charge in [-0.3, -0.25) is 4.79 Å². The Bertz CT molecular complexity index is 290. The number of likely N-dealkylation sites (tertiary alicyclic amines) is 1. The highest BCUT2D eigenvalue weighted by atomic mass is 16.2. The van der Waals surface area contributed by atoms with E-state index in [0.29, 0.717) is 17.9 Å². The Morgan fingerprint density at radius 2 is 2.05 bits per heavy atom. The van der Waals surface area contributed by atoms with Gasteiger partial charge in [-0.25, -0.2) is 0 Å². The molecule has 0 aromatic rings. The van der Waals surface area contributed by atoms with Crippen LogP contribution < -0.4 is 5.73 Å². The van der Waals surface area contributed by atoms with Crippen LogP contribution in [0.2, 0.25) is 0 Å². The summed E-state index contributed by atoms with van der Waals surface area (Å²) in [5, 5.41) is 0. The predicted molar refractivity (Wildman–Crippen MR) is 78.8 cm³/mol. The molecule has 19 heavy (non-hydrogen) atoms. The van der Waals surface area contributed by atoms with Crippen LogP contribution in [0.15, 0.2) is 0 Å². The molecule has 3 unspecified atom stereocenters. The molecule has 1 saturated heterocycles.